The van der Waals surface area contributed by atoms with E-state index in [0.29, 0.717) is 29.2 Å². The Morgan fingerprint density at radius 3 is 2.83 bits per heavy atom. The fraction of sp³-hybridized carbons (Fsp3) is 0.273. The van der Waals surface area contributed by atoms with Gasteiger partial charge in [0.25, 0.3) is 0 Å². The van der Waals surface area contributed by atoms with Crippen molar-refractivity contribution in [2.45, 2.75) is 26.1 Å². The lowest BCUT2D eigenvalue weighted by molar-refractivity contribution is -0.118. The maximum atomic E-state index is 12.4. The minimum atomic E-state index is -0.0529. The minimum Gasteiger partial charge on any atom is -0.454 e. The van der Waals surface area contributed by atoms with Crippen molar-refractivity contribution < 1.29 is 14.3 Å². The molecule has 1 amide bonds. The average Bonchev–Trinajstić information content (AvgIpc) is 3.17. The Bertz CT molecular complexity index is 1140. The number of rotatable bonds is 6. The Balaban J connectivity index is 1.32. The lowest BCUT2D eigenvalue weighted by Gasteiger charge is -2.09. The Morgan fingerprint density at radius 2 is 1.97 bits per heavy atom. The fourth-order valence-electron chi connectivity index (χ4n) is 3.25. The number of aromatic amines is 1. The standard InChI is InChI=1S/C22H22N2O4S/c1-13-3-5-17-18(25)8-16(24-22(17)14(13)2)10-29-11-21(26)23-9-15-4-6-19-20(7-15)28-12-27-19/h3-8H,9-12H2,1-2H3,(H,23,26)(H,24,25). The Morgan fingerprint density at radius 1 is 1.14 bits per heavy atom. The summed E-state index contributed by atoms with van der Waals surface area (Å²) >= 11 is 1.47. The maximum absolute atomic E-state index is 12.4. The second-order valence-electron chi connectivity index (χ2n) is 7.05. The summed E-state index contributed by atoms with van der Waals surface area (Å²) in [6.07, 6.45) is 0. The zero-order chi connectivity index (χ0) is 20.4. The van der Waals surface area contributed by atoms with Crippen LogP contribution in [0.4, 0.5) is 0 Å². The Kier molecular flexibility index (Phi) is 5.49. The molecule has 0 saturated heterocycles. The molecule has 0 radical (unpaired) electrons. The zero-order valence-electron chi connectivity index (χ0n) is 16.3. The number of amides is 1. The SMILES string of the molecule is Cc1ccc2c(=O)cc(CSCC(=O)NCc3ccc4c(c3)OCO4)[nH]c2c1C. The summed E-state index contributed by atoms with van der Waals surface area (Å²) in [5, 5.41) is 3.60. The number of hydrogen-bond donors (Lipinski definition) is 2. The molecule has 0 bridgehead atoms. The molecule has 6 nitrogen and oxygen atoms in total. The number of hydrogen-bond acceptors (Lipinski definition) is 5. The van der Waals surface area contributed by atoms with Crippen LogP contribution in [0.5, 0.6) is 11.5 Å². The molecule has 0 fully saturated rings. The highest BCUT2D eigenvalue weighted by Crippen LogP contribution is 2.32. The molecule has 2 aromatic carbocycles. The van der Waals surface area contributed by atoms with Gasteiger partial charge in [-0.2, -0.15) is 0 Å². The molecule has 1 aliphatic heterocycles. The van der Waals surface area contributed by atoms with E-state index in [1.54, 1.807) is 6.07 Å². The molecule has 150 valence electrons. The minimum absolute atomic E-state index is 0.00436. The highest BCUT2D eigenvalue weighted by molar-refractivity contribution is 7.99. The largest absolute Gasteiger partial charge is 0.454 e. The van der Waals surface area contributed by atoms with Crippen LogP contribution in [0.25, 0.3) is 10.9 Å². The molecule has 1 aliphatic rings. The van der Waals surface area contributed by atoms with Crippen LogP contribution >= 0.6 is 11.8 Å². The molecule has 1 aromatic heterocycles. The molecular formula is C22H22N2O4S. The van der Waals surface area contributed by atoms with Crippen molar-refractivity contribution in [3.05, 3.63) is 69.0 Å². The summed E-state index contributed by atoms with van der Waals surface area (Å²) < 4.78 is 10.6. The van der Waals surface area contributed by atoms with Crippen LogP contribution in [0.1, 0.15) is 22.4 Å². The van der Waals surface area contributed by atoms with Gasteiger partial charge in [-0.1, -0.05) is 12.1 Å². The topological polar surface area (TPSA) is 80.4 Å². The molecular weight excluding hydrogens is 388 g/mol. The van der Waals surface area contributed by atoms with Crippen LogP contribution in [0.2, 0.25) is 0 Å². The number of thioether (sulfide) groups is 1. The number of nitrogens with one attached hydrogen (secondary N) is 2. The number of aryl methyl sites for hydroxylation is 2. The number of carbonyl (C=O) groups is 1. The van der Waals surface area contributed by atoms with E-state index in [1.807, 2.05) is 44.2 Å². The lowest BCUT2D eigenvalue weighted by atomic mass is 10.0. The Hall–Kier alpha value is -2.93. The first-order valence-electron chi connectivity index (χ1n) is 9.36. The van der Waals surface area contributed by atoms with Gasteiger partial charge in [0.15, 0.2) is 16.9 Å². The van der Waals surface area contributed by atoms with Crippen molar-refractivity contribution >= 4 is 28.6 Å². The summed E-state index contributed by atoms with van der Waals surface area (Å²) in [6, 6.07) is 11.1. The number of carbonyl (C=O) groups excluding carboxylic acids is 1. The van der Waals surface area contributed by atoms with E-state index in [1.165, 1.54) is 11.8 Å². The van der Waals surface area contributed by atoms with Crippen LogP contribution in [0.3, 0.4) is 0 Å². The molecule has 2 heterocycles. The van der Waals surface area contributed by atoms with Gasteiger partial charge >= 0.3 is 0 Å². The second-order valence-corrected chi connectivity index (χ2v) is 8.03. The number of aromatic nitrogens is 1. The van der Waals surface area contributed by atoms with Crippen molar-refractivity contribution in [3.63, 3.8) is 0 Å². The average molecular weight is 410 g/mol. The van der Waals surface area contributed by atoms with E-state index in [4.69, 9.17) is 9.47 Å². The first-order valence-corrected chi connectivity index (χ1v) is 10.5. The van der Waals surface area contributed by atoms with Crippen LogP contribution in [-0.4, -0.2) is 23.4 Å². The van der Waals surface area contributed by atoms with Crippen LogP contribution in [0.15, 0.2) is 41.2 Å². The molecule has 0 aliphatic carbocycles. The molecule has 2 N–H and O–H groups in total. The summed E-state index contributed by atoms with van der Waals surface area (Å²) in [7, 11) is 0. The normalized spacial score (nSPS) is 12.3. The molecule has 0 saturated carbocycles. The smallest absolute Gasteiger partial charge is 0.231 e. The summed E-state index contributed by atoms with van der Waals surface area (Å²) in [5.74, 6) is 2.26. The third kappa shape index (κ3) is 4.24. The van der Waals surface area contributed by atoms with Gasteiger partial charge in [-0.05, 0) is 48.7 Å². The van der Waals surface area contributed by atoms with E-state index in [9.17, 15) is 9.59 Å². The molecule has 0 unspecified atom stereocenters. The third-order valence-electron chi connectivity index (χ3n) is 5.01. The van der Waals surface area contributed by atoms with Crippen molar-refractivity contribution in [2.75, 3.05) is 12.5 Å². The quantitative estimate of drug-likeness (QED) is 0.651. The highest BCUT2D eigenvalue weighted by Gasteiger charge is 2.13. The van der Waals surface area contributed by atoms with Crippen molar-refractivity contribution in [3.8, 4) is 11.5 Å². The molecule has 7 heteroatoms. The maximum Gasteiger partial charge on any atom is 0.231 e. The van der Waals surface area contributed by atoms with E-state index in [2.05, 4.69) is 10.3 Å². The summed E-state index contributed by atoms with van der Waals surface area (Å²) in [5.41, 5.74) is 4.88. The molecule has 4 rings (SSSR count). The van der Waals surface area contributed by atoms with E-state index in [-0.39, 0.29) is 18.1 Å². The predicted octanol–water partition coefficient (Wildman–Crippen LogP) is 3.42. The zero-order valence-corrected chi connectivity index (χ0v) is 17.2. The predicted molar refractivity (Wildman–Crippen MR) is 115 cm³/mol. The van der Waals surface area contributed by atoms with Crippen LogP contribution in [-0.2, 0) is 17.1 Å². The number of benzene rings is 2. The second kappa shape index (κ2) is 8.21. The molecule has 0 atom stereocenters. The van der Waals surface area contributed by atoms with Crippen molar-refractivity contribution in [2.24, 2.45) is 0 Å². The molecule has 0 spiro atoms. The number of pyridine rings is 1. The first-order chi connectivity index (χ1) is 14.0. The fourth-order valence-corrected chi connectivity index (χ4v) is 4.01. The van der Waals surface area contributed by atoms with Crippen LogP contribution < -0.4 is 20.2 Å². The summed E-state index contributed by atoms with van der Waals surface area (Å²) in [4.78, 5) is 27.9. The van der Waals surface area contributed by atoms with Gasteiger partial charge < -0.3 is 19.8 Å². The molecule has 29 heavy (non-hydrogen) atoms. The first kappa shape index (κ1) is 19.4. The third-order valence-corrected chi connectivity index (χ3v) is 5.99. The van der Waals surface area contributed by atoms with Gasteiger partial charge in [0.2, 0.25) is 12.7 Å². The number of H-pyrrole nitrogens is 1. The van der Waals surface area contributed by atoms with E-state index >= 15 is 0 Å². The van der Waals surface area contributed by atoms with Gasteiger partial charge in [-0.3, -0.25) is 9.59 Å². The number of ether oxygens (including phenoxy) is 2. The Labute approximate surface area is 172 Å². The molecule has 3 aromatic rings. The van der Waals surface area contributed by atoms with Crippen molar-refractivity contribution in [1.82, 2.24) is 10.3 Å². The summed E-state index contributed by atoms with van der Waals surface area (Å²) in [6.45, 7) is 4.70. The van der Waals surface area contributed by atoms with E-state index < -0.39 is 0 Å². The number of fused-ring (bicyclic) bond motifs is 2. The van der Waals surface area contributed by atoms with Gasteiger partial charge in [0, 0.05) is 29.4 Å². The monoisotopic (exact) mass is 410 g/mol. The van der Waals surface area contributed by atoms with Gasteiger partial charge in [-0.25, -0.2) is 0 Å². The van der Waals surface area contributed by atoms with Crippen molar-refractivity contribution in [1.29, 1.82) is 0 Å². The lowest BCUT2D eigenvalue weighted by Crippen LogP contribution is -2.24. The van der Waals surface area contributed by atoms with E-state index in [0.717, 1.165) is 33.7 Å². The van der Waals surface area contributed by atoms with Gasteiger partial charge in [-0.15, -0.1) is 11.8 Å². The van der Waals surface area contributed by atoms with Gasteiger partial charge in [0.05, 0.1) is 11.3 Å². The van der Waals surface area contributed by atoms with Gasteiger partial charge in [0.1, 0.15) is 0 Å². The highest BCUT2D eigenvalue weighted by atomic mass is 32.2. The van der Waals surface area contributed by atoms with Crippen LogP contribution in [0, 0.1) is 13.8 Å².